The van der Waals surface area contributed by atoms with Crippen LogP contribution in [0.3, 0.4) is 0 Å². The van der Waals surface area contributed by atoms with Crippen molar-refractivity contribution in [1.29, 1.82) is 0 Å². The molecule has 0 saturated carbocycles. The highest BCUT2D eigenvalue weighted by atomic mass is 16.5. The molecule has 2 rings (SSSR count). The lowest BCUT2D eigenvalue weighted by Crippen LogP contribution is -2.26. The van der Waals surface area contributed by atoms with E-state index in [1.54, 1.807) is 7.11 Å². The van der Waals surface area contributed by atoms with Crippen LogP contribution in [-0.4, -0.2) is 37.6 Å². The van der Waals surface area contributed by atoms with E-state index in [1.807, 2.05) is 24.3 Å². The topological polar surface area (TPSA) is 47.9 Å². The molecule has 0 unspecified atom stereocenters. The number of ether oxygens (including phenoxy) is 3. The van der Waals surface area contributed by atoms with Crippen molar-refractivity contribution in [2.24, 2.45) is 0 Å². The number of hydrogen-bond donors (Lipinski definition) is 1. The Balaban J connectivity index is 1.73. The normalized spacial score (nSPS) is 23.9. The first kappa shape index (κ1) is 12.4. The highest BCUT2D eigenvalue weighted by molar-refractivity contribution is 5.26. The van der Waals surface area contributed by atoms with Crippen LogP contribution in [0.2, 0.25) is 0 Å². The fourth-order valence-electron chi connectivity index (χ4n) is 1.81. The summed E-state index contributed by atoms with van der Waals surface area (Å²) in [5.41, 5.74) is 1.08. The summed E-state index contributed by atoms with van der Waals surface area (Å²) >= 11 is 0. The molecule has 1 heterocycles. The highest BCUT2D eigenvalue weighted by Crippen LogP contribution is 2.15. The second-order valence-corrected chi connectivity index (χ2v) is 4.13. The van der Waals surface area contributed by atoms with Gasteiger partial charge in [0.05, 0.1) is 26.4 Å². The number of aliphatic hydroxyl groups excluding tert-OH is 1. The lowest BCUT2D eigenvalue weighted by atomic mass is 10.2. The van der Waals surface area contributed by atoms with Crippen LogP contribution in [0.5, 0.6) is 5.75 Å². The molecule has 0 spiro atoms. The minimum atomic E-state index is -0.383. The van der Waals surface area contributed by atoms with E-state index in [0.717, 1.165) is 11.3 Å². The summed E-state index contributed by atoms with van der Waals surface area (Å²) in [6, 6.07) is 7.73. The molecule has 1 fully saturated rings. The molecular weight excluding hydrogens is 220 g/mol. The van der Waals surface area contributed by atoms with Gasteiger partial charge in [0, 0.05) is 6.61 Å². The quantitative estimate of drug-likeness (QED) is 0.841. The first-order chi connectivity index (χ1) is 8.29. The number of methoxy groups -OCH3 is 1. The fourth-order valence-corrected chi connectivity index (χ4v) is 1.81. The van der Waals surface area contributed by atoms with Crippen molar-refractivity contribution >= 4 is 0 Å². The summed E-state index contributed by atoms with van der Waals surface area (Å²) in [4.78, 5) is 0. The Morgan fingerprint density at radius 3 is 2.71 bits per heavy atom. The van der Waals surface area contributed by atoms with Crippen LogP contribution < -0.4 is 4.74 Å². The molecule has 0 amide bonds. The zero-order valence-corrected chi connectivity index (χ0v) is 9.96. The van der Waals surface area contributed by atoms with Crippen molar-refractivity contribution in [1.82, 2.24) is 0 Å². The third-order valence-electron chi connectivity index (χ3n) is 2.88. The third kappa shape index (κ3) is 3.43. The zero-order valence-electron chi connectivity index (χ0n) is 9.96. The predicted molar refractivity (Wildman–Crippen MR) is 63.0 cm³/mol. The smallest absolute Gasteiger partial charge is 0.118 e. The summed E-state index contributed by atoms with van der Waals surface area (Å²) in [6.45, 7) is 1.58. The highest BCUT2D eigenvalue weighted by Gasteiger charge is 2.25. The summed E-state index contributed by atoms with van der Waals surface area (Å²) in [6.07, 6.45) is 0.149. The van der Waals surface area contributed by atoms with Crippen molar-refractivity contribution in [2.75, 3.05) is 20.3 Å². The molecule has 0 aromatic heterocycles. The van der Waals surface area contributed by atoms with Crippen LogP contribution in [0.15, 0.2) is 24.3 Å². The largest absolute Gasteiger partial charge is 0.497 e. The first-order valence-corrected chi connectivity index (χ1v) is 5.80. The Kier molecular flexibility index (Phi) is 4.36. The van der Waals surface area contributed by atoms with Crippen LogP contribution >= 0.6 is 0 Å². The fraction of sp³-hybridized carbons (Fsp3) is 0.538. The molecule has 0 aliphatic carbocycles. The maximum atomic E-state index is 9.53. The van der Waals surface area contributed by atoms with Gasteiger partial charge in [-0.05, 0) is 24.1 Å². The van der Waals surface area contributed by atoms with Crippen molar-refractivity contribution in [3.63, 3.8) is 0 Å². The monoisotopic (exact) mass is 238 g/mol. The molecule has 94 valence electrons. The van der Waals surface area contributed by atoms with Gasteiger partial charge in [0.25, 0.3) is 0 Å². The van der Waals surface area contributed by atoms with E-state index in [0.29, 0.717) is 26.2 Å². The van der Waals surface area contributed by atoms with Crippen molar-refractivity contribution < 1.29 is 19.3 Å². The standard InChI is InChI=1S/C13H18O4/c1-15-11-4-2-10(3-5-11)8-16-9-13-12(14)6-7-17-13/h2-5,12-14H,6-9H2,1H3/t12-,13-/m0/s1. The molecule has 17 heavy (non-hydrogen) atoms. The van der Waals surface area contributed by atoms with Gasteiger partial charge in [0.15, 0.2) is 0 Å². The first-order valence-electron chi connectivity index (χ1n) is 5.80. The van der Waals surface area contributed by atoms with Gasteiger partial charge in [-0.15, -0.1) is 0 Å². The van der Waals surface area contributed by atoms with E-state index in [4.69, 9.17) is 14.2 Å². The molecule has 2 atom stereocenters. The average molecular weight is 238 g/mol. The molecule has 4 heteroatoms. The minimum absolute atomic E-state index is 0.173. The molecule has 1 N–H and O–H groups in total. The summed E-state index contributed by atoms with van der Waals surface area (Å²) in [5, 5.41) is 9.53. The zero-order chi connectivity index (χ0) is 12.1. The van der Waals surface area contributed by atoms with Gasteiger partial charge in [-0.3, -0.25) is 0 Å². The van der Waals surface area contributed by atoms with Gasteiger partial charge >= 0.3 is 0 Å². The van der Waals surface area contributed by atoms with Crippen LogP contribution in [0.1, 0.15) is 12.0 Å². The number of rotatable bonds is 5. The number of hydrogen-bond acceptors (Lipinski definition) is 4. The second kappa shape index (κ2) is 6.00. The maximum Gasteiger partial charge on any atom is 0.118 e. The molecule has 1 aliphatic heterocycles. The van der Waals surface area contributed by atoms with Crippen molar-refractivity contribution in [3.05, 3.63) is 29.8 Å². The lowest BCUT2D eigenvalue weighted by Gasteiger charge is -2.13. The van der Waals surface area contributed by atoms with E-state index < -0.39 is 0 Å². The number of benzene rings is 1. The van der Waals surface area contributed by atoms with Gasteiger partial charge in [0.1, 0.15) is 11.9 Å². The van der Waals surface area contributed by atoms with Gasteiger partial charge in [-0.1, -0.05) is 12.1 Å². The van der Waals surface area contributed by atoms with E-state index in [2.05, 4.69) is 0 Å². The summed E-state index contributed by atoms with van der Waals surface area (Å²) in [7, 11) is 1.64. The van der Waals surface area contributed by atoms with E-state index in [9.17, 15) is 5.11 Å². The van der Waals surface area contributed by atoms with E-state index >= 15 is 0 Å². The number of aliphatic hydroxyl groups is 1. The Labute approximate surface area is 101 Å². The Morgan fingerprint density at radius 1 is 1.35 bits per heavy atom. The maximum absolute atomic E-state index is 9.53. The van der Waals surface area contributed by atoms with Crippen molar-refractivity contribution in [3.8, 4) is 5.75 Å². The molecule has 1 saturated heterocycles. The van der Waals surface area contributed by atoms with E-state index in [-0.39, 0.29) is 12.2 Å². The van der Waals surface area contributed by atoms with Gasteiger partial charge in [-0.2, -0.15) is 0 Å². The third-order valence-corrected chi connectivity index (χ3v) is 2.88. The SMILES string of the molecule is COc1ccc(COC[C@@H]2OCC[C@@H]2O)cc1. The van der Waals surface area contributed by atoms with Gasteiger partial charge < -0.3 is 19.3 Å². The lowest BCUT2D eigenvalue weighted by molar-refractivity contribution is -0.0288. The van der Waals surface area contributed by atoms with Gasteiger partial charge in [-0.25, -0.2) is 0 Å². The van der Waals surface area contributed by atoms with Gasteiger partial charge in [0.2, 0.25) is 0 Å². The molecular formula is C13H18O4. The van der Waals surface area contributed by atoms with Crippen LogP contribution in [0.25, 0.3) is 0 Å². The Hall–Kier alpha value is -1.10. The average Bonchev–Trinajstić information content (AvgIpc) is 2.76. The Bertz CT molecular complexity index is 336. The molecule has 0 radical (unpaired) electrons. The molecule has 0 bridgehead atoms. The van der Waals surface area contributed by atoms with E-state index in [1.165, 1.54) is 0 Å². The molecule has 1 aromatic carbocycles. The molecule has 4 nitrogen and oxygen atoms in total. The molecule has 1 aromatic rings. The second-order valence-electron chi connectivity index (χ2n) is 4.13. The van der Waals surface area contributed by atoms with Crippen LogP contribution in [0.4, 0.5) is 0 Å². The van der Waals surface area contributed by atoms with Crippen LogP contribution in [-0.2, 0) is 16.1 Å². The minimum Gasteiger partial charge on any atom is -0.497 e. The summed E-state index contributed by atoms with van der Waals surface area (Å²) in [5.74, 6) is 0.836. The van der Waals surface area contributed by atoms with Crippen molar-refractivity contribution in [2.45, 2.75) is 25.2 Å². The summed E-state index contributed by atoms with van der Waals surface area (Å²) < 4.78 is 15.9. The molecule has 1 aliphatic rings. The Morgan fingerprint density at radius 2 is 2.12 bits per heavy atom. The predicted octanol–water partition coefficient (Wildman–Crippen LogP) is 1.36. The van der Waals surface area contributed by atoms with Crippen LogP contribution in [0, 0.1) is 0 Å².